The van der Waals surface area contributed by atoms with Crippen LogP contribution in [0.5, 0.6) is 5.75 Å². The summed E-state index contributed by atoms with van der Waals surface area (Å²) in [4.78, 5) is 0. The first-order valence-corrected chi connectivity index (χ1v) is 5.98. The SMILES string of the molecule is COc1ccc(C2CCCNCCN2)cc1. The van der Waals surface area contributed by atoms with Crippen LogP contribution in [-0.4, -0.2) is 26.7 Å². The minimum atomic E-state index is 0.494. The van der Waals surface area contributed by atoms with E-state index in [1.54, 1.807) is 7.11 Å². The normalized spacial score (nSPS) is 22.2. The number of nitrogens with one attached hydrogen (secondary N) is 2. The number of ether oxygens (including phenoxy) is 1. The first kappa shape index (κ1) is 11.4. The lowest BCUT2D eigenvalue weighted by Gasteiger charge is -2.22. The summed E-state index contributed by atoms with van der Waals surface area (Å²) >= 11 is 0. The van der Waals surface area contributed by atoms with Crippen molar-refractivity contribution in [3.8, 4) is 5.75 Å². The van der Waals surface area contributed by atoms with E-state index in [0.717, 1.165) is 25.4 Å². The standard InChI is InChI=1S/C13H20N2O/c1-16-12-6-4-11(5-7-12)13-3-2-8-14-9-10-15-13/h4-7,13-15H,2-3,8-10H2,1H3. The number of hydrogen-bond acceptors (Lipinski definition) is 3. The predicted octanol–water partition coefficient (Wildman–Crippen LogP) is 1.71. The zero-order valence-electron chi connectivity index (χ0n) is 9.83. The molecule has 1 aromatic carbocycles. The summed E-state index contributed by atoms with van der Waals surface area (Å²) in [5, 5.41) is 6.97. The van der Waals surface area contributed by atoms with Crippen molar-refractivity contribution in [1.29, 1.82) is 0 Å². The average Bonchev–Trinajstić information content (AvgIpc) is 2.29. The molecule has 1 unspecified atom stereocenters. The molecule has 1 atom stereocenters. The van der Waals surface area contributed by atoms with E-state index in [1.807, 2.05) is 12.1 Å². The molecule has 1 aliphatic heterocycles. The summed E-state index contributed by atoms with van der Waals surface area (Å²) in [6.45, 7) is 3.23. The van der Waals surface area contributed by atoms with Gasteiger partial charge in [0.2, 0.25) is 0 Å². The van der Waals surface area contributed by atoms with Gasteiger partial charge < -0.3 is 15.4 Å². The molecule has 1 aromatic rings. The Balaban J connectivity index is 2.02. The molecule has 0 aromatic heterocycles. The molecule has 2 N–H and O–H groups in total. The molecular formula is C13H20N2O. The van der Waals surface area contributed by atoms with Crippen LogP contribution in [-0.2, 0) is 0 Å². The van der Waals surface area contributed by atoms with Crippen LogP contribution in [0.15, 0.2) is 24.3 Å². The monoisotopic (exact) mass is 220 g/mol. The minimum absolute atomic E-state index is 0.494. The van der Waals surface area contributed by atoms with Gasteiger partial charge in [0.25, 0.3) is 0 Å². The highest BCUT2D eigenvalue weighted by Gasteiger charge is 2.12. The van der Waals surface area contributed by atoms with Gasteiger partial charge in [-0.15, -0.1) is 0 Å². The van der Waals surface area contributed by atoms with Crippen molar-refractivity contribution in [2.75, 3.05) is 26.7 Å². The van der Waals surface area contributed by atoms with Gasteiger partial charge in [0.1, 0.15) is 5.75 Å². The maximum absolute atomic E-state index is 5.17. The predicted molar refractivity (Wildman–Crippen MR) is 65.8 cm³/mol. The first-order chi connectivity index (χ1) is 7.90. The number of benzene rings is 1. The van der Waals surface area contributed by atoms with Gasteiger partial charge in [0.15, 0.2) is 0 Å². The fourth-order valence-corrected chi connectivity index (χ4v) is 2.11. The second kappa shape index (κ2) is 5.87. The Hall–Kier alpha value is -1.06. The number of hydrogen-bond donors (Lipinski definition) is 2. The van der Waals surface area contributed by atoms with Crippen molar-refractivity contribution in [2.45, 2.75) is 18.9 Å². The highest BCUT2D eigenvalue weighted by atomic mass is 16.5. The lowest BCUT2D eigenvalue weighted by molar-refractivity contribution is 0.412. The molecule has 88 valence electrons. The lowest BCUT2D eigenvalue weighted by atomic mass is 10.0. The molecular weight excluding hydrogens is 200 g/mol. The smallest absolute Gasteiger partial charge is 0.118 e. The first-order valence-electron chi connectivity index (χ1n) is 5.98. The summed E-state index contributed by atoms with van der Waals surface area (Å²) in [6.07, 6.45) is 2.42. The molecule has 1 fully saturated rings. The topological polar surface area (TPSA) is 33.3 Å². The van der Waals surface area contributed by atoms with Crippen molar-refractivity contribution in [3.63, 3.8) is 0 Å². The summed E-state index contributed by atoms with van der Waals surface area (Å²) < 4.78 is 5.17. The number of rotatable bonds is 2. The summed E-state index contributed by atoms with van der Waals surface area (Å²) in [5.74, 6) is 0.927. The Morgan fingerprint density at radius 1 is 1.12 bits per heavy atom. The molecule has 16 heavy (non-hydrogen) atoms. The molecule has 0 aliphatic carbocycles. The van der Waals surface area contributed by atoms with Gasteiger partial charge in [-0.2, -0.15) is 0 Å². The zero-order valence-corrected chi connectivity index (χ0v) is 9.83. The van der Waals surface area contributed by atoms with E-state index in [-0.39, 0.29) is 0 Å². The zero-order chi connectivity index (χ0) is 11.2. The highest BCUT2D eigenvalue weighted by Crippen LogP contribution is 2.21. The highest BCUT2D eigenvalue weighted by molar-refractivity contribution is 5.29. The third-order valence-corrected chi connectivity index (χ3v) is 3.06. The molecule has 3 heteroatoms. The molecule has 0 saturated carbocycles. The van der Waals surface area contributed by atoms with Gasteiger partial charge in [-0.05, 0) is 37.1 Å². The van der Waals surface area contributed by atoms with E-state index in [9.17, 15) is 0 Å². The van der Waals surface area contributed by atoms with Crippen molar-refractivity contribution in [2.24, 2.45) is 0 Å². The molecule has 0 spiro atoms. The molecule has 1 heterocycles. The van der Waals surface area contributed by atoms with Crippen LogP contribution >= 0.6 is 0 Å². The second-order valence-corrected chi connectivity index (χ2v) is 4.17. The number of methoxy groups -OCH3 is 1. The van der Waals surface area contributed by atoms with Gasteiger partial charge in [-0.3, -0.25) is 0 Å². The molecule has 3 nitrogen and oxygen atoms in total. The van der Waals surface area contributed by atoms with E-state index in [1.165, 1.54) is 18.4 Å². The third kappa shape index (κ3) is 2.97. The van der Waals surface area contributed by atoms with Crippen molar-refractivity contribution in [1.82, 2.24) is 10.6 Å². The fourth-order valence-electron chi connectivity index (χ4n) is 2.11. The average molecular weight is 220 g/mol. The maximum Gasteiger partial charge on any atom is 0.118 e. The van der Waals surface area contributed by atoms with Crippen LogP contribution < -0.4 is 15.4 Å². The molecule has 0 amide bonds. The van der Waals surface area contributed by atoms with Crippen LogP contribution in [0.4, 0.5) is 0 Å². The molecule has 0 bridgehead atoms. The maximum atomic E-state index is 5.17. The molecule has 0 radical (unpaired) electrons. The Labute approximate surface area is 97.2 Å². The third-order valence-electron chi connectivity index (χ3n) is 3.06. The fraction of sp³-hybridized carbons (Fsp3) is 0.538. The van der Waals surface area contributed by atoms with Gasteiger partial charge in [0.05, 0.1) is 7.11 Å². The van der Waals surface area contributed by atoms with E-state index in [2.05, 4.69) is 22.8 Å². The van der Waals surface area contributed by atoms with Crippen molar-refractivity contribution in [3.05, 3.63) is 29.8 Å². The molecule has 1 saturated heterocycles. The summed E-state index contributed by atoms with van der Waals surface area (Å²) in [5.41, 5.74) is 1.36. The summed E-state index contributed by atoms with van der Waals surface area (Å²) in [6, 6.07) is 8.88. The van der Waals surface area contributed by atoms with Crippen LogP contribution in [0.2, 0.25) is 0 Å². The Kier molecular flexibility index (Phi) is 4.19. The van der Waals surface area contributed by atoms with Crippen LogP contribution in [0, 0.1) is 0 Å². The van der Waals surface area contributed by atoms with Gasteiger partial charge in [-0.25, -0.2) is 0 Å². The molecule has 2 rings (SSSR count). The molecule has 1 aliphatic rings. The van der Waals surface area contributed by atoms with Crippen molar-refractivity contribution >= 4 is 0 Å². The Bertz CT molecular complexity index is 302. The van der Waals surface area contributed by atoms with Crippen LogP contribution in [0.3, 0.4) is 0 Å². The van der Waals surface area contributed by atoms with Gasteiger partial charge in [0, 0.05) is 19.1 Å². The van der Waals surface area contributed by atoms with E-state index < -0.39 is 0 Å². The largest absolute Gasteiger partial charge is 0.497 e. The Morgan fingerprint density at radius 3 is 2.69 bits per heavy atom. The van der Waals surface area contributed by atoms with E-state index >= 15 is 0 Å². The Morgan fingerprint density at radius 2 is 1.94 bits per heavy atom. The van der Waals surface area contributed by atoms with Gasteiger partial charge >= 0.3 is 0 Å². The second-order valence-electron chi connectivity index (χ2n) is 4.17. The van der Waals surface area contributed by atoms with Crippen LogP contribution in [0.1, 0.15) is 24.4 Å². The van der Waals surface area contributed by atoms with E-state index in [0.29, 0.717) is 6.04 Å². The van der Waals surface area contributed by atoms with Crippen LogP contribution in [0.25, 0.3) is 0 Å². The minimum Gasteiger partial charge on any atom is -0.497 e. The lowest BCUT2D eigenvalue weighted by Crippen LogP contribution is -2.34. The van der Waals surface area contributed by atoms with E-state index in [4.69, 9.17) is 4.74 Å². The summed E-state index contributed by atoms with van der Waals surface area (Å²) in [7, 11) is 1.70. The quantitative estimate of drug-likeness (QED) is 0.796. The van der Waals surface area contributed by atoms with Gasteiger partial charge in [-0.1, -0.05) is 12.1 Å². The van der Waals surface area contributed by atoms with Crippen molar-refractivity contribution < 1.29 is 4.74 Å².